The summed E-state index contributed by atoms with van der Waals surface area (Å²) in [5, 5.41) is 9.59. The van der Waals surface area contributed by atoms with Crippen molar-refractivity contribution < 1.29 is 28.6 Å². The van der Waals surface area contributed by atoms with E-state index in [2.05, 4.69) is 21.2 Å². The maximum atomic E-state index is 12.3. The summed E-state index contributed by atoms with van der Waals surface area (Å²) in [6.07, 6.45) is 2.07. The van der Waals surface area contributed by atoms with Crippen molar-refractivity contribution in [3.8, 4) is 11.5 Å². The lowest BCUT2D eigenvalue weighted by molar-refractivity contribution is -0.139. The smallest absolute Gasteiger partial charge is 0.329 e. The lowest BCUT2D eigenvalue weighted by Crippen LogP contribution is -2.38. The SMILES string of the molecule is CCOc1cc(/C=N\NC(=O)C(=O)NCCCOC(C)C)ccc1OCC(=O)Nc1ccc(C)c(Cl)c1. The Labute approximate surface area is 221 Å². The van der Waals surface area contributed by atoms with E-state index in [0.29, 0.717) is 54.0 Å². The second-order valence-corrected chi connectivity index (χ2v) is 8.58. The first-order valence-corrected chi connectivity index (χ1v) is 12.3. The summed E-state index contributed by atoms with van der Waals surface area (Å²) >= 11 is 6.09. The van der Waals surface area contributed by atoms with Crippen molar-refractivity contribution in [2.24, 2.45) is 5.10 Å². The van der Waals surface area contributed by atoms with Crippen LogP contribution in [0.5, 0.6) is 11.5 Å². The van der Waals surface area contributed by atoms with Crippen molar-refractivity contribution in [2.75, 3.05) is 31.7 Å². The van der Waals surface area contributed by atoms with Crippen molar-refractivity contribution in [2.45, 2.75) is 40.2 Å². The molecule has 0 heterocycles. The molecule has 0 aliphatic heterocycles. The van der Waals surface area contributed by atoms with E-state index in [1.165, 1.54) is 6.21 Å². The van der Waals surface area contributed by atoms with Crippen LogP contribution in [-0.4, -0.2) is 56.4 Å². The highest BCUT2D eigenvalue weighted by molar-refractivity contribution is 6.35. The van der Waals surface area contributed by atoms with Gasteiger partial charge in [-0.2, -0.15) is 5.10 Å². The van der Waals surface area contributed by atoms with Gasteiger partial charge >= 0.3 is 11.8 Å². The van der Waals surface area contributed by atoms with Gasteiger partial charge in [0.25, 0.3) is 5.91 Å². The summed E-state index contributed by atoms with van der Waals surface area (Å²) in [6.45, 7) is 8.46. The molecule has 2 aromatic rings. The first-order chi connectivity index (χ1) is 17.7. The molecule has 0 fully saturated rings. The molecule has 200 valence electrons. The number of carbonyl (C=O) groups excluding carboxylic acids is 3. The van der Waals surface area contributed by atoms with Crippen LogP contribution in [0, 0.1) is 6.92 Å². The van der Waals surface area contributed by atoms with Gasteiger partial charge in [0, 0.05) is 23.9 Å². The van der Waals surface area contributed by atoms with Gasteiger partial charge in [-0.3, -0.25) is 14.4 Å². The normalized spacial score (nSPS) is 10.9. The van der Waals surface area contributed by atoms with Crippen LogP contribution >= 0.6 is 11.6 Å². The van der Waals surface area contributed by atoms with Gasteiger partial charge in [0.05, 0.1) is 18.9 Å². The molecule has 0 atom stereocenters. The van der Waals surface area contributed by atoms with Crippen molar-refractivity contribution in [1.29, 1.82) is 0 Å². The topological polar surface area (TPSA) is 127 Å². The zero-order valence-corrected chi connectivity index (χ0v) is 22.2. The molecule has 0 spiro atoms. The summed E-state index contributed by atoms with van der Waals surface area (Å²) in [4.78, 5) is 36.0. The van der Waals surface area contributed by atoms with E-state index in [9.17, 15) is 14.4 Å². The highest BCUT2D eigenvalue weighted by Gasteiger charge is 2.12. The number of hydrogen-bond acceptors (Lipinski definition) is 7. The van der Waals surface area contributed by atoms with Crippen molar-refractivity contribution >= 4 is 41.2 Å². The number of amides is 3. The molecule has 3 N–H and O–H groups in total. The number of carbonyl (C=O) groups is 3. The van der Waals surface area contributed by atoms with Gasteiger partial charge in [0.15, 0.2) is 18.1 Å². The highest BCUT2D eigenvalue weighted by atomic mass is 35.5. The van der Waals surface area contributed by atoms with Crippen LogP contribution in [-0.2, 0) is 19.1 Å². The number of nitrogens with one attached hydrogen (secondary N) is 3. The average Bonchev–Trinajstić information content (AvgIpc) is 2.85. The summed E-state index contributed by atoms with van der Waals surface area (Å²) in [5.74, 6) is -1.27. The molecule has 2 rings (SSSR count). The van der Waals surface area contributed by atoms with E-state index in [0.717, 1.165) is 5.56 Å². The zero-order chi connectivity index (χ0) is 27.2. The van der Waals surface area contributed by atoms with E-state index in [1.807, 2.05) is 33.8 Å². The number of rotatable bonds is 13. The molecule has 11 heteroatoms. The molecular weight excluding hydrogens is 500 g/mol. The number of benzene rings is 2. The third-order valence-electron chi connectivity index (χ3n) is 4.73. The number of aryl methyl sites for hydroxylation is 1. The first-order valence-electron chi connectivity index (χ1n) is 11.9. The van der Waals surface area contributed by atoms with Crippen LogP contribution in [0.25, 0.3) is 0 Å². The minimum atomic E-state index is -0.883. The quantitative estimate of drug-likeness (QED) is 0.157. The van der Waals surface area contributed by atoms with Crippen LogP contribution in [0.2, 0.25) is 5.02 Å². The van der Waals surface area contributed by atoms with E-state index in [4.69, 9.17) is 25.8 Å². The molecule has 0 aliphatic rings. The summed E-state index contributed by atoms with van der Waals surface area (Å²) in [5.41, 5.74) is 4.24. The zero-order valence-electron chi connectivity index (χ0n) is 21.4. The van der Waals surface area contributed by atoms with E-state index in [1.54, 1.807) is 30.3 Å². The molecular formula is C26H33ClN4O6. The average molecular weight is 533 g/mol. The molecule has 0 saturated heterocycles. The minimum absolute atomic E-state index is 0.112. The third kappa shape index (κ3) is 10.9. The molecule has 0 radical (unpaired) electrons. The Bertz CT molecular complexity index is 1110. The number of hydrazone groups is 1. The third-order valence-corrected chi connectivity index (χ3v) is 5.13. The van der Waals surface area contributed by atoms with E-state index < -0.39 is 11.8 Å². The maximum absolute atomic E-state index is 12.3. The number of anilines is 1. The van der Waals surface area contributed by atoms with Crippen LogP contribution in [0.3, 0.4) is 0 Å². The Kier molecular flexibility index (Phi) is 12.4. The predicted molar refractivity (Wildman–Crippen MR) is 142 cm³/mol. The number of ether oxygens (including phenoxy) is 3. The van der Waals surface area contributed by atoms with Crippen LogP contribution < -0.4 is 25.5 Å². The fourth-order valence-electron chi connectivity index (χ4n) is 2.89. The molecule has 10 nitrogen and oxygen atoms in total. The van der Waals surface area contributed by atoms with E-state index >= 15 is 0 Å². The molecule has 0 unspecified atom stereocenters. The van der Waals surface area contributed by atoms with Crippen molar-refractivity contribution in [3.63, 3.8) is 0 Å². The standard InChI is InChI=1S/C26H33ClN4O6/c1-5-35-23-13-19(15-29-31-26(34)25(33)28-11-6-12-36-17(2)3)8-10-22(23)37-16-24(32)30-20-9-7-18(4)21(27)14-20/h7-10,13-15,17H,5-6,11-12,16H2,1-4H3,(H,28,33)(H,30,32)(H,31,34)/b29-15-. The largest absolute Gasteiger partial charge is 0.490 e. The van der Waals surface area contributed by atoms with Gasteiger partial charge in [-0.1, -0.05) is 17.7 Å². The van der Waals surface area contributed by atoms with Gasteiger partial charge in [0.1, 0.15) is 0 Å². The Hall–Kier alpha value is -3.63. The van der Waals surface area contributed by atoms with Gasteiger partial charge in [-0.25, -0.2) is 5.43 Å². The van der Waals surface area contributed by atoms with Gasteiger partial charge in [-0.05, 0) is 75.6 Å². The highest BCUT2D eigenvalue weighted by Crippen LogP contribution is 2.28. The molecule has 2 aromatic carbocycles. The number of hydrogen-bond donors (Lipinski definition) is 3. The minimum Gasteiger partial charge on any atom is -0.490 e. The Morgan fingerprint density at radius 1 is 1.05 bits per heavy atom. The fraction of sp³-hybridized carbons (Fsp3) is 0.385. The van der Waals surface area contributed by atoms with Crippen LogP contribution in [0.4, 0.5) is 5.69 Å². The Morgan fingerprint density at radius 2 is 1.84 bits per heavy atom. The second-order valence-electron chi connectivity index (χ2n) is 8.17. The Balaban J connectivity index is 1.86. The van der Waals surface area contributed by atoms with Gasteiger partial charge in [-0.15, -0.1) is 0 Å². The Morgan fingerprint density at radius 3 is 2.54 bits per heavy atom. The number of halogens is 1. The molecule has 3 amide bonds. The summed E-state index contributed by atoms with van der Waals surface area (Å²) in [6, 6.07) is 10.2. The lowest BCUT2D eigenvalue weighted by Gasteiger charge is -2.13. The monoisotopic (exact) mass is 532 g/mol. The van der Waals surface area contributed by atoms with Crippen molar-refractivity contribution in [3.05, 3.63) is 52.5 Å². The summed E-state index contributed by atoms with van der Waals surface area (Å²) < 4.78 is 16.6. The van der Waals surface area contributed by atoms with Crippen molar-refractivity contribution in [1.82, 2.24) is 10.7 Å². The lowest BCUT2D eigenvalue weighted by atomic mass is 10.2. The molecule has 0 bridgehead atoms. The number of nitrogens with zero attached hydrogens (tertiary/aromatic N) is 1. The summed E-state index contributed by atoms with van der Waals surface area (Å²) in [7, 11) is 0. The fourth-order valence-corrected chi connectivity index (χ4v) is 3.07. The van der Waals surface area contributed by atoms with Gasteiger partial charge in [0.2, 0.25) is 0 Å². The predicted octanol–water partition coefficient (Wildman–Crippen LogP) is 3.45. The molecule has 0 aliphatic carbocycles. The van der Waals surface area contributed by atoms with E-state index in [-0.39, 0.29) is 18.6 Å². The van der Waals surface area contributed by atoms with Crippen LogP contribution in [0.1, 0.15) is 38.3 Å². The molecule has 37 heavy (non-hydrogen) atoms. The maximum Gasteiger partial charge on any atom is 0.329 e. The molecule has 0 aromatic heterocycles. The molecule has 0 saturated carbocycles. The van der Waals surface area contributed by atoms with Crippen LogP contribution in [0.15, 0.2) is 41.5 Å². The second kappa shape index (κ2) is 15.5. The van der Waals surface area contributed by atoms with Gasteiger partial charge < -0.3 is 24.8 Å². The first kappa shape index (κ1) is 29.6.